The molecule has 0 saturated carbocycles. The average Bonchev–Trinajstić information content (AvgIpc) is 3.10. The number of fused-ring (bicyclic) bond motifs is 1. The van der Waals surface area contributed by atoms with Crippen LogP contribution in [0.25, 0.3) is 17.2 Å². The molecule has 2 aromatic heterocycles. The first-order valence-corrected chi connectivity index (χ1v) is 10.3. The largest absolute Gasteiger partial charge is 0.310 e. The van der Waals surface area contributed by atoms with Crippen LogP contribution in [0.2, 0.25) is 0 Å². The van der Waals surface area contributed by atoms with E-state index in [0.29, 0.717) is 23.9 Å². The van der Waals surface area contributed by atoms with Gasteiger partial charge in [-0.1, -0.05) is 64.5 Å². The molecule has 0 fully saturated rings. The molecule has 0 bridgehead atoms. The van der Waals surface area contributed by atoms with Crippen LogP contribution in [0.15, 0.2) is 65.3 Å². The van der Waals surface area contributed by atoms with Crippen LogP contribution in [-0.2, 0) is 4.79 Å². The first kappa shape index (κ1) is 18.6. The second-order valence-corrected chi connectivity index (χ2v) is 7.95. The molecule has 1 N–H and O–H groups in total. The van der Waals surface area contributed by atoms with E-state index in [1.807, 2.05) is 61.5 Å². The first-order chi connectivity index (χ1) is 14.6. The Hall–Kier alpha value is -3.39. The Balaban J connectivity index is 1.64. The fourth-order valence-electron chi connectivity index (χ4n) is 3.85. The van der Waals surface area contributed by atoms with Crippen molar-refractivity contribution in [3.63, 3.8) is 0 Å². The summed E-state index contributed by atoms with van der Waals surface area (Å²) < 4.78 is 2.54. The van der Waals surface area contributed by atoms with Gasteiger partial charge in [-0.3, -0.25) is 4.79 Å². The molecule has 0 spiro atoms. The van der Waals surface area contributed by atoms with Crippen LogP contribution in [0, 0.1) is 6.92 Å². The smallest absolute Gasteiger partial charge is 0.272 e. The third-order valence-electron chi connectivity index (χ3n) is 5.19. The van der Waals surface area contributed by atoms with Gasteiger partial charge < -0.3 is 5.32 Å². The molecule has 4 aromatic rings. The highest BCUT2D eigenvalue weighted by Crippen LogP contribution is 2.42. The van der Waals surface area contributed by atoms with Crippen molar-refractivity contribution in [2.75, 3.05) is 5.32 Å². The second kappa shape index (κ2) is 7.46. The van der Waals surface area contributed by atoms with E-state index in [2.05, 4.69) is 41.5 Å². The molecule has 1 aliphatic rings. The van der Waals surface area contributed by atoms with Gasteiger partial charge in [0.25, 0.3) is 5.95 Å². The molecular weight excluding hydrogens is 444 g/mol. The molecule has 3 heterocycles. The lowest BCUT2D eigenvalue weighted by Crippen LogP contribution is -2.25. The number of carbonyl (C=O) groups excluding carboxylic acids is 1. The maximum atomic E-state index is 12.6. The lowest BCUT2D eigenvalue weighted by Gasteiger charge is -2.24. The molecule has 148 valence electrons. The summed E-state index contributed by atoms with van der Waals surface area (Å²) in [4.78, 5) is 17.2. The van der Waals surface area contributed by atoms with E-state index < -0.39 is 0 Å². The third-order valence-corrected chi connectivity index (χ3v) is 5.91. The van der Waals surface area contributed by atoms with Crippen LogP contribution < -0.4 is 5.32 Å². The quantitative estimate of drug-likeness (QED) is 0.493. The van der Waals surface area contributed by atoms with Crippen molar-refractivity contribution in [2.45, 2.75) is 19.3 Å². The van der Waals surface area contributed by atoms with E-state index in [-0.39, 0.29) is 11.8 Å². The van der Waals surface area contributed by atoms with E-state index in [9.17, 15) is 4.79 Å². The molecule has 0 unspecified atom stereocenters. The van der Waals surface area contributed by atoms with Gasteiger partial charge in [0.1, 0.15) is 5.82 Å². The molecule has 5 rings (SSSR count). The summed E-state index contributed by atoms with van der Waals surface area (Å²) in [7, 11) is 0. The van der Waals surface area contributed by atoms with Crippen LogP contribution >= 0.6 is 15.9 Å². The lowest BCUT2D eigenvalue weighted by atomic mass is 9.86. The Labute approximate surface area is 181 Å². The Morgan fingerprint density at radius 2 is 1.87 bits per heavy atom. The summed E-state index contributed by atoms with van der Waals surface area (Å²) in [6, 6.07) is 17.7. The number of benzene rings is 2. The zero-order valence-electron chi connectivity index (χ0n) is 16.1. The summed E-state index contributed by atoms with van der Waals surface area (Å²) in [5.74, 6) is 0.727. The van der Waals surface area contributed by atoms with Crippen LogP contribution in [0.5, 0.6) is 0 Å². The number of rotatable bonds is 3. The molecule has 0 aliphatic carbocycles. The summed E-state index contributed by atoms with van der Waals surface area (Å²) in [5, 5.41) is 15.9. The monoisotopic (exact) mass is 460 g/mol. The number of nitrogens with zero attached hydrogens (tertiary/aromatic N) is 5. The molecule has 1 aliphatic heterocycles. The van der Waals surface area contributed by atoms with Crippen LogP contribution in [0.3, 0.4) is 0 Å². The van der Waals surface area contributed by atoms with Crippen LogP contribution in [0.1, 0.15) is 29.2 Å². The Morgan fingerprint density at radius 3 is 2.67 bits per heavy atom. The Bertz CT molecular complexity index is 1250. The van der Waals surface area contributed by atoms with E-state index >= 15 is 0 Å². The predicted octanol–water partition coefficient (Wildman–Crippen LogP) is 4.27. The SMILES string of the molecule is Cc1nn(-c2nncc(-c3ccccc3)n2)c2c1[C@@H](c1ccccc1Br)CC(=O)N2. The van der Waals surface area contributed by atoms with Gasteiger partial charge in [0.15, 0.2) is 0 Å². The van der Waals surface area contributed by atoms with E-state index in [0.717, 1.165) is 26.9 Å². The maximum Gasteiger partial charge on any atom is 0.272 e. The van der Waals surface area contributed by atoms with E-state index in [4.69, 9.17) is 0 Å². The number of halogens is 1. The van der Waals surface area contributed by atoms with Gasteiger partial charge in [0.05, 0.1) is 17.6 Å². The standard InChI is InChI=1S/C22H17BrN6O/c1-13-20-16(15-9-5-6-10-17(15)23)11-19(30)26-21(20)29(28-13)22-25-18(12-24-27-22)14-7-3-2-4-8-14/h2-10,12,16H,11H2,1H3,(H,26,30)/t16-/m1/s1. The average molecular weight is 461 g/mol. The van der Waals surface area contributed by atoms with Crippen molar-refractivity contribution in [2.24, 2.45) is 0 Å². The van der Waals surface area contributed by atoms with Gasteiger partial charge in [-0.25, -0.2) is 4.98 Å². The van der Waals surface area contributed by atoms with Crippen LogP contribution in [0.4, 0.5) is 5.82 Å². The number of hydrogen-bond donors (Lipinski definition) is 1. The van der Waals surface area contributed by atoms with Crippen molar-refractivity contribution < 1.29 is 4.79 Å². The second-order valence-electron chi connectivity index (χ2n) is 7.09. The van der Waals surface area contributed by atoms with Gasteiger partial charge in [0, 0.05) is 27.9 Å². The number of amides is 1. The van der Waals surface area contributed by atoms with Crippen molar-refractivity contribution in [3.8, 4) is 17.2 Å². The lowest BCUT2D eigenvalue weighted by molar-refractivity contribution is -0.116. The predicted molar refractivity (Wildman–Crippen MR) is 116 cm³/mol. The number of carbonyl (C=O) groups is 1. The minimum atomic E-state index is -0.108. The Morgan fingerprint density at radius 1 is 1.10 bits per heavy atom. The van der Waals surface area contributed by atoms with Gasteiger partial charge in [-0.05, 0) is 18.6 Å². The Kier molecular flexibility index (Phi) is 4.63. The highest BCUT2D eigenvalue weighted by Gasteiger charge is 2.34. The first-order valence-electron chi connectivity index (χ1n) is 9.51. The van der Waals surface area contributed by atoms with Crippen molar-refractivity contribution >= 4 is 27.7 Å². The number of hydrogen-bond acceptors (Lipinski definition) is 5. The van der Waals surface area contributed by atoms with Crippen molar-refractivity contribution in [1.29, 1.82) is 0 Å². The molecule has 0 radical (unpaired) electrons. The van der Waals surface area contributed by atoms with Crippen molar-refractivity contribution in [1.82, 2.24) is 25.0 Å². The molecule has 1 atom stereocenters. The van der Waals surface area contributed by atoms with E-state index in [1.54, 1.807) is 10.9 Å². The normalized spacial score (nSPS) is 15.5. The zero-order chi connectivity index (χ0) is 20.7. The fraction of sp³-hybridized carbons (Fsp3) is 0.136. The molecule has 7 nitrogen and oxygen atoms in total. The maximum absolute atomic E-state index is 12.6. The third kappa shape index (κ3) is 3.19. The van der Waals surface area contributed by atoms with Gasteiger partial charge in [0.2, 0.25) is 5.91 Å². The molecule has 2 aromatic carbocycles. The highest BCUT2D eigenvalue weighted by molar-refractivity contribution is 9.10. The minimum Gasteiger partial charge on any atom is -0.310 e. The summed E-state index contributed by atoms with van der Waals surface area (Å²) >= 11 is 3.62. The van der Waals surface area contributed by atoms with Crippen molar-refractivity contribution in [3.05, 3.63) is 82.1 Å². The molecule has 1 amide bonds. The highest BCUT2D eigenvalue weighted by atomic mass is 79.9. The summed E-state index contributed by atoms with van der Waals surface area (Å²) in [6.45, 7) is 1.94. The topological polar surface area (TPSA) is 85.6 Å². The summed E-state index contributed by atoms with van der Waals surface area (Å²) in [5.41, 5.74) is 4.46. The van der Waals surface area contributed by atoms with Gasteiger partial charge >= 0.3 is 0 Å². The van der Waals surface area contributed by atoms with Gasteiger partial charge in [-0.2, -0.15) is 14.9 Å². The van der Waals surface area contributed by atoms with E-state index in [1.165, 1.54) is 0 Å². The summed E-state index contributed by atoms with van der Waals surface area (Å²) in [6.07, 6.45) is 1.97. The number of aryl methyl sites for hydroxylation is 1. The van der Waals surface area contributed by atoms with Crippen LogP contribution in [-0.4, -0.2) is 30.9 Å². The molecule has 8 heteroatoms. The number of anilines is 1. The van der Waals surface area contributed by atoms with Gasteiger partial charge in [-0.15, -0.1) is 5.10 Å². The number of aromatic nitrogens is 5. The molecule has 30 heavy (non-hydrogen) atoms. The minimum absolute atomic E-state index is 0.0726. The fourth-order valence-corrected chi connectivity index (χ4v) is 4.41. The molecular formula is C22H17BrN6O. The number of nitrogens with one attached hydrogen (secondary N) is 1. The molecule has 0 saturated heterocycles. The zero-order valence-corrected chi connectivity index (χ0v) is 17.7.